The number of aldehydes is 1. The summed E-state index contributed by atoms with van der Waals surface area (Å²) in [6, 6.07) is 1.70. The van der Waals surface area contributed by atoms with E-state index in [1.807, 2.05) is 0 Å². The molecule has 80 valence electrons. The SMILES string of the molecule is Cc1c(Br)c(F)cc(C=O)c1NC1CC1. The summed E-state index contributed by atoms with van der Waals surface area (Å²) in [7, 11) is 0. The predicted molar refractivity (Wildman–Crippen MR) is 60.9 cm³/mol. The monoisotopic (exact) mass is 271 g/mol. The van der Waals surface area contributed by atoms with E-state index in [2.05, 4.69) is 21.2 Å². The third-order valence-corrected chi connectivity index (χ3v) is 3.51. The molecule has 0 bridgehead atoms. The average Bonchev–Trinajstić information content (AvgIpc) is 3.02. The zero-order valence-electron chi connectivity index (χ0n) is 8.31. The van der Waals surface area contributed by atoms with Gasteiger partial charge in [-0.1, -0.05) is 0 Å². The highest BCUT2D eigenvalue weighted by molar-refractivity contribution is 9.10. The van der Waals surface area contributed by atoms with Gasteiger partial charge in [-0.2, -0.15) is 0 Å². The molecular formula is C11H11BrFNO. The first kappa shape index (κ1) is 10.6. The Labute approximate surface area is 96.0 Å². The number of hydrogen-bond donors (Lipinski definition) is 1. The topological polar surface area (TPSA) is 29.1 Å². The molecule has 1 aromatic carbocycles. The van der Waals surface area contributed by atoms with Gasteiger partial charge in [0.1, 0.15) is 5.82 Å². The zero-order chi connectivity index (χ0) is 11.0. The molecular weight excluding hydrogens is 261 g/mol. The summed E-state index contributed by atoms with van der Waals surface area (Å²) in [6.07, 6.45) is 2.92. The van der Waals surface area contributed by atoms with Gasteiger partial charge in [0, 0.05) is 17.3 Å². The largest absolute Gasteiger partial charge is 0.381 e. The van der Waals surface area contributed by atoms with E-state index in [0.29, 0.717) is 22.4 Å². The average molecular weight is 272 g/mol. The Kier molecular flexibility index (Phi) is 2.78. The van der Waals surface area contributed by atoms with Gasteiger partial charge >= 0.3 is 0 Å². The first-order chi connectivity index (χ1) is 7.13. The van der Waals surface area contributed by atoms with E-state index in [0.717, 1.165) is 24.1 Å². The van der Waals surface area contributed by atoms with Gasteiger partial charge in [-0.3, -0.25) is 4.79 Å². The van der Waals surface area contributed by atoms with E-state index >= 15 is 0 Å². The fourth-order valence-electron chi connectivity index (χ4n) is 1.49. The maximum Gasteiger partial charge on any atom is 0.152 e. The maximum atomic E-state index is 13.3. The highest BCUT2D eigenvalue weighted by Crippen LogP contribution is 2.33. The fraction of sp³-hybridized carbons (Fsp3) is 0.364. The van der Waals surface area contributed by atoms with Crippen molar-refractivity contribution in [3.63, 3.8) is 0 Å². The second kappa shape index (κ2) is 3.93. The van der Waals surface area contributed by atoms with Gasteiger partial charge in [-0.05, 0) is 47.3 Å². The first-order valence-corrected chi connectivity index (χ1v) is 5.63. The van der Waals surface area contributed by atoms with Crippen LogP contribution in [0, 0.1) is 12.7 Å². The van der Waals surface area contributed by atoms with Gasteiger partial charge in [0.25, 0.3) is 0 Å². The van der Waals surface area contributed by atoms with Crippen molar-refractivity contribution >= 4 is 27.9 Å². The number of carbonyl (C=O) groups is 1. The molecule has 1 aliphatic rings. The van der Waals surface area contributed by atoms with Crippen LogP contribution in [-0.4, -0.2) is 12.3 Å². The molecule has 0 heterocycles. The van der Waals surface area contributed by atoms with Gasteiger partial charge in [0.05, 0.1) is 4.47 Å². The Bertz CT molecular complexity index is 416. The van der Waals surface area contributed by atoms with Crippen LogP contribution in [0.3, 0.4) is 0 Å². The van der Waals surface area contributed by atoms with Crippen molar-refractivity contribution in [3.05, 3.63) is 27.5 Å². The van der Waals surface area contributed by atoms with Crippen LogP contribution in [0.5, 0.6) is 0 Å². The fourth-order valence-corrected chi connectivity index (χ4v) is 1.81. The third-order valence-electron chi connectivity index (χ3n) is 2.54. The molecule has 1 aliphatic carbocycles. The molecule has 1 saturated carbocycles. The molecule has 2 rings (SSSR count). The van der Waals surface area contributed by atoms with E-state index in [1.165, 1.54) is 6.07 Å². The number of nitrogens with one attached hydrogen (secondary N) is 1. The molecule has 0 saturated heterocycles. The lowest BCUT2D eigenvalue weighted by Gasteiger charge is -2.13. The van der Waals surface area contributed by atoms with Crippen molar-refractivity contribution in [1.82, 2.24) is 0 Å². The van der Waals surface area contributed by atoms with Gasteiger partial charge in [-0.25, -0.2) is 4.39 Å². The Morgan fingerprint density at radius 1 is 1.60 bits per heavy atom. The molecule has 1 N–H and O–H groups in total. The van der Waals surface area contributed by atoms with Crippen molar-refractivity contribution in [2.24, 2.45) is 0 Å². The second-order valence-electron chi connectivity index (χ2n) is 3.80. The highest BCUT2D eigenvalue weighted by Gasteiger charge is 2.24. The smallest absolute Gasteiger partial charge is 0.152 e. The van der Waals surface area contributed by atoms with Crippen LogP contribution < -0.4 is 5.32 Å². The number of carbonyl (C=O) groups excluding carboxylic acids is 1. The van der Waals surface area contributed by atoms with Crippen LogP contribution in [0.2, 0.25) is 0 Å². The summed E-state index contributed by atoms with van der Waals surface area (Å²) in [5, 5.41) is 3.24. The van der Waals surface area contributed by atoms with Gasteiger partial charge in [0.15, 0.2) is 6.29 Å². The maximum absolute atomic E-state index is 13.3. The summed E-state index contributed by atoms with van der Waals surface area (Å²) >= 11 is 3.17. The van der Waals surface area contributed by atoms with Crippen LogP contribution >= 0.6 is 15.9 Å². The molecule has 1 fully saturated rings. The predicted octanol–water partition coefficient (Wildman–Crippen LogP) is 3.28. The molecule has 0 aliphatic heterocycles. The lowest BCUT2D eigenvalue weighted by Crippen LogP contribution is -2.07. The molecule has 15 heavy (non-hydrogen) atoms. The van der Waals surface area contributed by atoms with Crippen molar-refractivity contribution in [2.45, 2.75) is 25.8 Å². The van der Waals surface area contributed by atoms with E-state index in [4.69, 9.17) is 0 Å². The standard InChI is InChI=1S/C11H11BrFNO/c1-6-10(12)9(13)4-7(5-15)11(6)14-8-2-3-8/h4-5,8,14H,2-3H2,1H3. The number of anilines is 1. The van der Waals surface area contributed by atoms with Crippen LogP contribution in [0.15, 0.2) is 10.5 Å². The minimum absolute atomic E-state index is 0.389. The third kappa shape index (κ3) is 2.04. The van der Waals surface area contributed by atoms with Crippen LogP contribution in [0.4, 0.5) is 10.1 Å². The van der Waals surface area contributed by atoms with Crippen molar-refractivity contribution in [1.29, 1.82) is 0 Å². The Hall–Kier alpha value is -0.900. The molecule has 0 unspecified atom stereocenters. The molecule has 4 heteroatoms. The molecule has 1 aromatic rings. The molecule has 0 amide bonds. The molecule has 2 nitrogen and oxygen atoms in total. The molecule has 0 atom stereocenters. The molecule has 0 radical (unpaired) electrons. The lowest BCUT2D eigenvalue weighted by molar-refractivity contribution is 0.112. The molecule has 0 spiro atoms. The second-order valence-corrected chi connectivity index (χ2v) is 4.59. The summed E-state index contributed by atoms with van der Waals surface area (Å²) < 4.78 is 13.8. The van der Waals surface area contributed by atoms with Crippen LogP contribution in [0.1, 0.15) is 28.8 Å². The summed E-state index contributed by atoms with van der Waals surface area (Å²) in [5.41, 5.74) is 1.89. The number of benzene rings is 1. The number of halogens is 2. The summed E-state index contributed by atoms with van der Waals surface area (Å²) in [4.78, 5) is 10.8. The molecule has 0 aromatic heterocycles. The number of rotatable bonds is 3. The van der Waals surface area contributed by atoms with Crippen LogP contribution in [-0.2, 0) is 0 Å². The Morgan fingerprint density at radius 2 is 2.27 bits per heavy atom. The Morgan fingerprint density at radius 3 is 2.80 bits per heavy atom. The summed E-state index contributed by atoms with van der Waals surface area (Å²) in [6.45, 7) is 1.80. The quantitative estimate of drug-likeness (QED) is 0.855. The highest BCUT2D eigenvalue weighted by atomic mass is 79.9. The normalized spacial score (nSPS) is 15.1. The minimum Gasteiger partial charge on any atom is -0.381 e. The first-order valence-electron chi connectivity index (χ1n) is 4.83. The van der Waals surface area contributed by atoms with Crippen molar-refractivity contribution < 1.29 is 9.18 Å². The Balaban J connectivity index is 2.47. The minimum atomic E-state index is -0.393. The number of hydrogen-bond acceptors (Lipinski definition) is 2. The zero-order valence-corrected chi connectivity index (χ0v) is 9.90. The summed E-state index contributed by atoms with van der Waals surface area (Å²) in [5.74, 6) is -0.393. The van der Waals surface area contributed by atoms with Gasteiger partial charge in [0.2, 0.25) is 0 Å². The van der Waals surface area contributed by atoms with Gasteiger partial charge < -0.3 is 5.32 Å². The van der Waals surface area contributed by atoms with Crippen molar-refractivity contribution in [2.75, 3.05) is 5.32 Å². The van der Waals surface area contributed by atoms with E-state index in [1.54, 1.807) is 6.92 Å². The van der Waals surface area contributed by atoms with E-state index in [-0.39, 0.29) is 0 Å². The van der Waals surface area contributed by atoms with E-state index < -0.39 is 5.82 Å². The van der Waals surface area contributed by atoms with Gasteiger partial charge in [-0.15, -0.1) is 0 Å². The van der Waals surface area contributed by atoms with Crippen LogP contribution in [0.25, 0.3) is 0 Å². The van der Waals surface area contributed by atoms with Crippen molar-refractivity contribution in [3.8, 4) is 0 Å². The van der Waals surface area contributed by atoms with E-state index in [9.17, 15) is 9.18 Å². The lowest BCUT2D eigenvalue weighted by atomic mass is 10.1.